The Hall–Kier alpha value is -2.14. The zero-order valence-electron chi connectivity index (χ0n) is 12.0. The number of rotatable bonds is 3. The molecule has 110 valence electrons. The van der Waals surface area contributed by atoms with Crippen LogP contribution in [0.5, 0.6) is 5.75 Å². The molecule has 0 aliphatic carbocycles. The fourth-order valence-corrected chi connectivity index (χ4v) is 2.45. The number of hydrogen-bond donors (Lipinski definition) is 0. The molecule has 1 aliphatic rings. The lowest BCUT2D eigenvalue weighted by molar-refractivity contribution is -0.142. The monoisotopic (exact) mass is 286 g/mol. The van der Waals surface area contributed by atoms with Crippen molar-refractivity contribution >= 4 is 16.8 Å². The minimum atomic E-state index is -0.532. The molecule has 5 nitrogen and oxygen atoms in total. The second-order valence-corrected chi connectivity index (χ2v) is 5.03. The Labute approximate surface area is 123 Å². The Morgan fingerprint density at radius 1 is 1.29 bits per heavy atom. The molecule has 21 heavy (non-hydrogen) atoms. The number of nitrogens with zero attached hydrogens (tertiary/aromatic N) is 2. The van der Waals surface area contributed by atoms with E-state index in [1.165, 1.54) is 0 Å². The lowest BCUT2D eigenvalue weighted by Gasteiger charge is -2.29. The maximum Gasteiger partial charge on any atom is 0.263 e. The Morgan fingerprint density at radius 3 is 2.86 bits per heavy atom. The largest absolute Gasteiger partial charge is 0.479 e. The van der Waals surface area contributed by atoms with Crippen molar-refractivity contribution < 1.29 is 14.3 Å². The second kappa shape index (κ2) is 6.10. The molecule has 1 aromatic heterocycles. The van der Waals surface area contributed by atoms with Crippen molar-refractivity contribution in [3.63, 3.8) is 0 Å². The molecule has 5 heteroatoms. The molecule has 1 fully saturated rings. The summed E-state index contributed by atoms with van der Waals surface area (Å²) in [5.74, 6) is 0.633. The van der Waals surface area contributed by atoms with Gasteiger partial charge in [-0.1, -0.05) is 18.2 Å². The van der Waals surface area contributed by atoms with Gasteiger partial charge in [0.2, 0.25) is 0 Å². The normalized spacial score (nSPS) is 16.7. The smallest absolute Gasteiger partial charge is 0.263 e. The van der Waals surface area contributed by atoms with Crippen LogP contribution < -0.4 is 4.74 Å². The van der Waals surface area contributed by atoms with Crippen LogP contribution in [0.25, 0.3) is 10.9 Å². The van der Waals surface area contributed by atoms with E-state index in [1.807, 2.05) is 30.3 Å². The predicted octanol–water partition coefficient (Wildman–Crippen LogP) is 1.86. The fraction of sp³-hybridized carbons (Fsp3) is 0.375. The predicted molar refractivity (Wildman–Crippen MR) is 79.2 cm³/mol. The molecule has 1 atom stereocenters. The average molecular weight is 286 g/mol. The summed E-state index contributed by atoms with van der Waals surface area (Å²) in [4.78, 5) is 18.5. The van der Waals surface area contributed by atoms with E-state index in [2.05, 4.69) is 4.98 Å². The summed E-state index contributed by atoms with van der Waals surface area (Å²) in [6.45, 7) is 4.21. The Morgan fingerprint density at radius 2 is 2.05 bits per heavy atom. The molecular weight excluding hydrogens is 268 g/mol. The van der Waals surface area contributed by atoms with E-state index < -0.39 is 6.10 Å². The summed E-state index contributed by atoms with van der Waals surface area (Å²) in [7, 11) is 0. The van der Waals surface area contributed by atoms with Gasteiger partial charge in [-0.2, -0.15) is 0 Å². The van der Waals surface area contributed by atoms with Crippen molar-refractivity contribution in [2.24, 2.45) is 0 Å². The summed E-state index contributed by atoms with van der Waals surface area (Å²) in [6.07, 6.45) is 1.19. The van der Waals surface area contributed by atoms with Gasteiger partial charge in [0, 0.05) is 24.7 Å². The van der Waals surface area contributed by atoms with Crippen LogP contribution in [0.15, 0.2) is 36.5 Å². The lowest BCUT2D eigenvalue weighted by Crippen LogP contribution is -2.46. The number of ether oxygens (including phenoxy) is 2. The maximum atomic E-state index is 12.4. The molecule has 0 bridgehead atoms. The highest BCUT2D eigenvalue weighted by Crippen LogP contribution is 2.24. The highest BCUT2D eigenvalue weighted by atomic mass is 16.5. The SMILES string of the molecule is CC(Oc1cccc2cccnc12)C(=O)N1CCOCC1. The van der Waals surface area contributed by atoms with Gasteiger partial charge < -0.3 is 14.4 Å². The number of benzene rings is 1. The number of pyridine rings is 1. The van der Waals surface area contributed by atoms with E-state index in [4.69, 9.17) is 9.47 Å². The minimum absolute atomic E-state index is 0.00812. The second-order valence-electron chi connectivity index (χ2n) is 5.03. The first-order valence-corrected chi connectivity index (χ1v) is 7.12. The number of aromatic nitrogens is 1. The van der Waals surface area contributed by atoms with Crippen LogP contribution in [0.4, 0.5) is 0 Å². The molecule has 2 heterocycles. The van der Waals surface area contributed by atoms with Crippen LogP contribution in [0.3, 0.4) is 0 Å². The maximum absolute atomic E-state index is 12.4. The summed E-state index contributed by atoms with van der Waals surface area (Å²) in [6, 6.07) is 9.59. The zero-order valence-corrected chi connectivity index (χ0v) is 12.0. The molecule has 0 N–H and O–H groups in total. The standard InChI is InChI=1S/C16H18N2O3/c1-12(16(19)18-8-10-20-11-9-18)21-14-6-2-4-13-5-3-7-17-15(13)14/h2-7,12H,8-11H2,1H3. The van der Waals surface area contributed by atoms with E-state index >= 15 is 0 Å². The van der Waals surface area contributed by atoms with E-state index in [9.17, 15) is 4.79 Å². The first-order chi connectivity index (χ1) is 10.3. The first-order valence-electron chi connectivity index (χ1n) is 7.12. The topological polar surface area (TPSA) is 51.7 Å². The van der Waals surface area contributed by atoms with Crippen LogP contribution >= 0.6 is 0 Å². The van der Waals surface area contributed by atoms with E-state index in [0.717, 1.165) is 10.9 Å². The van der Waals surface area contributed by atoms with Gasteiger partial charge in [-0.25, -0.2) is 0 Å². The highest BCUT2D eigenvalue weighted by Gasteiger charge is 2.24. The number of fused-ring (bicyclic) bond motifs is 1. The third-order valence-corrected chi connectivity index (χ3v) is 3.57. The molecule has 1 saturated heterocycles. The molecule has 1 amide bonds. The molecule has 1 unspecified atom stereocenters. The van der Waals surface area contributed by atoms with Crippen molar-refractivity contribution in [2.45, 2.75) is 13.0 Å². The van der Waals surface area contributed by atoms with Crippen LogP contribution in [0.2, 0.25) is 0 Å². The molecule has 0 saturated carbocycles. The zero-order chi connectivity index (χ0) is 14.7. The van der Waals surface area contributed by atoms with Gasteiger partial charge >= 0.3 is 0 Å². The quantitative estimate of drug-likeness (QED) is 0.864. The molecule has 2 aromatic rings. The molecule has 1 aliphatic heterocycles. The third kappa shape index (κ3) is 2.97. The van der Waals surface area contributed by atoms with Crippen molar-refractivity contribution in [3.05, 3.63) is 36.5 Å². The van der Waals surface area contributed by atoms with Crippen molar-refractivity contribution in [3.8, 4) is 5.75 Å². The summed E-state index contributed by atoms with van der Waals surface area (Å²) in [5, 5.41) is 1.00. The van der Waals surface area contributed by atoms with Gasteiger partial charge in [0.25, 0.3) is 5.91 Å². The molecule has 1 aromatic carbocycles. The van der Waals surface area contributed by atoms with Gasteiger partial charge in [-0.05, 0) is 19.1 Å². The number of amides is 1. The van der Waals surface area contributed by atoms with Gasteiger partial charge in [0.15, 0.2) is 6.10 Å². The number of morpholine rings is 1. The average Bonchev–Trinajstić information content (AvgIpc) is 2.55. The molecule has 3 rings (SSSR count). The third-order valence-electron chi connectivity index (χ3n) is 3.57. The van der Waals surface area contributed by atoms with Gasteiger partial charge in [0.05, 0.1) is 13.2 Å². The van der Waals surface area contributed by atoms with E-state index in [0.29, 0.717) is 32.1 Å². The Balaban J connectivity index is 1.76. The minimum Gasteiger partial charge on any atom is -0.479 e. The van der Waals surface area contributed by atoms with Gasteiger partial charge in [0.1, 0.15) is 11.3 Å². The Kier molecular flexibility index (Phi) is 4.01. The molecular formula is C16H18N2O3. The number of carbonyl (C=O) groups excluding carboxylic acids is 1. The number of hydrogen-bond acceptors (Lipinski definition) is 4. The van der Waals surface area contributed by atoms with Crippen molar-refractivity contribution in [1.29, 1.82) is 0 Å². The molecule has 0 radical (unpaired) electrons. The van der Waals surface area contributed by atoms with Crippen molar-refractivity contribution in [2.75, 3.05) is 26.3 Å². The number of carbonyl (C=O) groups is 1. The Bertz CT molecular complexity index is 633. The summed E-state index contributed by atoms with van der Waals surface area (Å²) in [5.41, 5.74) is 0.779. The van der Waals surface area contributed by atoms with Crippen LogP contribution in [0, 0.1) is 0 Å². The van der Waals surface area contributed by atoms with Gasteiger partial charge in [-0.3, -0.25) is 9.78 Å². The highest BCUT2D eigenvalue weighted by molar-refractivity contribution is 5.85. The first kappa shape index (κ1) is 13.8. The number of para-hydroxylation sites is 1. The van der Waals surface area contributed by atoms with E-state index in [-0.39, 0.29) is 5.91 Å². The lowest BCUT2D eigenvalue weighted by atomic mass is 10.2. The van der Waals surface area contributed by atoms with Crippen molar-refractivity contribution in [1.82, 2.24) is 9.88 Å². The van der Waals surface area contributed by atoms with Crippen LogP contribution in [0.1, 0.15) is 6.92 Å². The summed E-state index contributed by atoms with van der Waals surface area (Å²) >= 11 is 0. The van der Waals surface area contributed by atoms with Crippen LogP contribution in [-0.4, -0.2) is 48.2 Å². The molecule has 0 spiro atoms. The van der Waals surface area contributed by atoms with Crippen LogP contribution in [-0.2, 0) is 9.53 Å². The van der Waals surface area contributed by atoms with E-state index in [1.54, 1.807) is 18.0 Å². The summed E-state index contributed by atoms with van der Waals surface area (Å²) < 4.78 is 11.1. The fourth-order valence-electron chi connectivity index (χ4n) is 2.45. The van der Waals surface area contributed by atoms with Gasteiger partial charge in [-0.15, -0.1) is 0 Å².